The number of benzene rings is 1. The fraction of sp³-hybridized carbons (Fsp3) is 0.500. The lowest BCUT2D eigenvalue weighted by molar-refractivity contribution is -0.140. The van der Waals surface area contributed by atoms with Crippen molar-refractivity contribution in [3.05, 3.63) is 29.8 Å². The number of rotatable bonds is 8. The Morgan fingerprint density at radius 1 is 1.30 bits per heavy atom. The molecule has 1 aromatic rings. The van der Waals surface area contributed by atoms with Gasteiger partial charge in [0.15, 0.2) is 0 Å². The van der Waals surface area contributed by atoms with Crippen LogP contribution in [0, 0.1) is 5.92 Å². The molecular weight excluding hydrogens is 268 g/mol. The first kappa shape index (κ1) is 16.4. The highest BCUT2D eigenvalue weighted by molar-refractivity contribution is 5.73. The minimum atomic E-state index is -2.85. The topological polar surface area (TPSA) is 58.6 Å². The monoisotopic (exact) mass is 287 g/mol. The molecule has 0 amide bonds. The molecule has 2 N–H and O–H groups in total. The van der Waals surface area contributed by atoms with Crippen molar-refractivity contribution in [1.29, 1.82) is 0 Å². The summed E-state index contributed by atoms with van der Waals surface area (Å²) in [6.07, 6.45) is 0.530. The summed E-state index contributed by atoms with van der Waals surface area (Å²) in [6, 6.07) is 5.49. The quantitative estimate of drug-likeness (QED) is 0.772. The molecule has 0 bridgehead atoms. The van der Waals surface area contributed by atoms with Gasteiger partial charge in [-0.2, -0.15) is 8.78 Å². The van der Waals surface area contributed by atoms with Gasteiger partial charge in [-0.25, -0.2) is 0 Å². The lowest BCUT2D eigenvalue weighted by Crippen LogP contribution is -2.37. The highest BCUT2D eigenvalue weighted by atomic mass is 19.3. The van der Waals surface area contributed by atoms with Crippen LogP contribution in [0.2, 0.25) is 0 Å². The minimum Gasteiger partial charge on any atom is -0.480 e. The molecule has 0 aliphatic rings. The number of carboxylic acid groups (broad SMARTS) is 1. The summed E-state index contributed by atoms with van der Waals surface area (Å²) in [5.41, 5.74) is 0.807. The van der Waals surface area contributed by atoms with Crippen molar-refractivity contribution in [2.75, 3.05) is 0 Å². The van der Waals surface area contributed by atoms with Crippen LogP contribution >= 0.6 is 0 Å². The zero-order valence-corrected chi connectivity index (χ0v) is 11.5. The van der Waals surface area contributed by atoms with Gasteiger partial charge in [0.1, 0.15) is 11.8 Å². The molecule has 0 aliphatic carbocycles. The van der Waals surface area contributed by atoms with Gasteiger partial charge in [-0.15, -0.1) is 0 Å². The molecule has 20 heavy (non-hydrogen) atoms. The predicted molar refractivity (Wildman–Crippen MR) is 70.8 cm³/mol. The molecule has 112 valence electrons. The first-order valence-corrected chi connectivity index (χ1v) is 6.38. The van der Waals surface area contributed by atoms with E-state index in [0.29, 0.717) is 13.0 Å². The third kappa shape index (κ3) is 5.97. The molecule has 4 nitrogen and oxygen atoms in total. The molecule has 0 heterocycles. The second-order valence-corrected chi connectivity index (χ2v) is 4.92. The van der Waals surface area contributed by atoms with Crippen molar-refractivity contribution in [1.82, 2.24) is 5.32 Å². The Kier molecular flexibility index (Phi) is 6.38. The summed E-state index contributed by atoms with van der Waals surface area (Å²) in [5.74, 6) is -0.539. The Labute approximate surface area is 116 Å². The molecule has 0 saturated heterocycles. The van der Waals surface area contributed by atoms with Crippen molar-refractivity contribution in [2.45, 2.75) is 39.5 Å². The normalized spacial score (nSPS) is 12.7. The van der Waals surface area contributed by atoms with E-state index in [4.69, 9.17) is 5.11 Å². The number of carbonyl (C=O) groups is 1. The zero-order valence-electron chi connectivity index (χ0n) is 11.5. The molecule has 1 atom stereocenters. The fourth-order valence-electron chi connectivity index (χ4n) is 1.77. The van der Waals surface area contributed by atoms with Crippen LogP contribution in [0.25, 0.3) is 0 Å². The van der Waals surface area contributed by atoms with Gasteiger partial charge < -0.3 is 15.2 Å². The molecular formula is C14H19F2NO3. The molecule has 0 radical (unpaired) electrons. The largest absolute Gasteiger partial charge is 0.480 e. The van der Waals surface area contributed by atoms with E-state index in [-0.39, 0.29) is 11.7 Å². The van der Waals surface area contributed by atoms with Gasteiger partial charge >= 0.3 is 12.6 Å². The van der Waals surface area contributed by atoms with Crippen LogP contribution in [0.15, 0.2) is 24.3 Å². The molecule has 0 saturated carbocycles. The molecule has 1 aromatic carbocycles. The summed E-state index contributed by atoms with van der Waals surface area (Å²) in [5, 5.41) is 12.0. The van der Waals surface area contributed by atoms with Crippen molar-refractivity contribution in [2.24, 2.45) is 5.92 Å². The number of hydrogen-bond donors (Lipinski definition) is 2. The second-order valence-electron chi connectivity index (χ2n) is 4.92. The van der Waals surface area contributed by atoms with Crippen molar-refractivity contribution in [3.8, 4) is 5.75 Å². The van der Waals surface area contributed by atoms with Crippen LogP contribution < -0.4 is 10.1 Å². The average molecular weight is 287 g/mol. The summed E-state index contributed by atoms with van der Waals surface area (Å²) >= 11 is 0. The Morgan fingerprint density at radius 2 is 1.90 bits per heavy atom. The number of ether oxygens (including phenoxy) is 1. The Balaban J connectivity index is 2.53. The van der Waals surface area contributed by atoms with Gasteiger partial charge in [-0.3, -0.25) is 4.79 Å². The number of hydrogen-bond acceptors (Lipinski definition) is 3. The summed E-state index contributed by atoms with van der Waals surface area (Å²) in [7, 11) is 0. The second kappa shape index (κ2) is 7.79. The van der Waals surface area contributed by atoms with Crippen LogP contribution in [0.4, 0.5) is 8.78 Å². The molecule has 6 heteroatoms. The lowest BCUT2D eigenvalue weighted by Gasteiger charge is -2.16. The van der Waals surface area contributed by atoms with E-state index in [1.54, 1.807) is 12.1 Å². The van der Waals surface area contributed by atoms with E-state index in [1.807, 2.05) is 13.8 Å². The third-order valence-electron chi connectivity index (χ3n) is 2.71. The zero-order chi connectivity index (χ0) is 15.1. The Morgan fingerprint density at radius 3 is 2.35 bits per heavy atom. The first-order chi connectivity index (χ1) is 9.38. The number of halogens is 2. The number of carboxylic acids is 1. The van der Waals surface area contributed by atoms with E-state index in [9.17, 15) is 13.6 Å². The molecule has 1 rings (SSSR count). The highest BCUT2D eigenvalue weighted by Crippen LogP contribution is 2.15. The van der Waals surface area contributed by atoms with Crippen LogP contribution in [-0.4, -0.2) is 23.7 Å². The number of aliphatic carboxylic acids is 1. The maximum atomic E-state index is 12.0. The standard InChI is InChI=1S/C14H19F2NO3/c1-9(2)7-12(13(18)19)17-8-10-3-5-11(6-4-10)20-14(15)16/h3-6,9,12,14,17H,7-8H2,1-2H3,(H,18,19). The Bertz CT molecular complexity index is 421. The van der Waals surface area contributed by atoms with Gasteiger partial charge in [0.05, 0.1) is 0 Å². The smallest absolute Gasteiger partial charge is 0.387 e. The minimum absolute atomic E-state index is 0.0840. The van der Waals surface area contributed by atoms with E-state index in [0.717, 1.165) is 5.56 Å². The van der Waals surface area contributed by atoms with Crippen LogP contribution in [0.5, 0.6) is 5.75 Å². The summed E-state index contributed by atoms with van der Waals surface area (Å²) < 4.78 is 28.2. The van der Waals surface area contributed by atoms with Crippen LogP contribution in [0.3, 0.4) is 0 Å². The molecule has 1 unspecified atom stereocenters. The number of alkyl halides is 2. The van der Waals surface area contributed by atoms with E-state index >= 15 is 0 Å². The number of nitrogens with one attached hydrogen (secondary N) is 1. The van der Waals surface area contributed by atoms with E-state index in [1.165, 1.54) is 12.1 Å². The summed E-state index contributed by atoms with van der Waals surface area (Å²) in [4.78, 5) is 11.1. The van der Waals surface area contributed by atoms with Crippen LogP contribution in [-0.2, 0) is 11.3 Å². The molecule has 0 aromatic heterocycles. The van der Waals surface area contributed by atoms with E-state index in [2.05, 4.69) is 10.1 Å². The van der Waals surface area contributed by atoms with Crippen molar-refractivity contribution < 1.29 is 23.4 Å². The van der Waals surface area contributed by atoms with Gasteiger partial charge in [-0.1, -0.05) is 26.0 Å². The average Bonchev–Trinajstić information content (AvgIpc) is 2.34. The summed E-state index contributed by atoms with van der Waals surface area (Å²) in [6.45, 7) is 1.42. The molecule has 0 fully saturated rings. The first-order valence-electron chi connectivity index (χ1n) is 6.38. The maximum Gasteiger partial charge on any atom is 0.387 e. The maximum absolute atomic E-state index is 12.0. The lowest BCUT2D eigenvalue weighted by atomic mass is 10.0. The van der Waals surface area contributed by atoms with Crippen LogP contribution in [0.1, 0.15) is 25.8 Å². The van der Waals surface area contributed by atoms with Gasteiger partial charge in [0, 0.05) is 6.54 Å². The highest BCUT2D eigenvalue weighted by Gasteiger charge is 2.17. The SMILES string of the molecule is CC(C)CC(NCc1ccc(OC(F)F)cc1)C(=O)O. The van der Waals surface area contributed by atoms with Gasteiger partial charge in [-0.05, 0) is 30.0 Å². The Hall–Kier alpha value is -1.69. The van der Waals surface area contributed by atoms with Gasteiger partial charge in [0.25, 0.3) is 0 Å². The molecule has 0 spiro atoms. The predicted octanol–water partition coefficient (Wildman–Crippen LogP) is 2.88. The van der Waals surface area contributed by atoms with Crippen molar-refractivity contribution >= 4 is 5.97 Å². The van der Waals surface area contributed by atoms with E-state index < -0.39 is 18.6 Å². The van der Waals surface area contributed by atoms with Gasteiger partial charge in [0.2, 0.25) is 0 Å². The molecule has 0 aliphatic heterocycles. The third-order valence-corrected chi connectivity index (χ3v) is 2.71. The van der Waals surface area contributed by atoms with Crippen molar-refractivity contribution in [3.63, 3.8) is 0 Å². The fourth-order valence-corrected chi connectivity index (χ4v) is 1.77.